The monoisotopic (exact) mass is 508 g/mol. The lowest BCUT2D eigenvalue weighted by molar-refractivity contribution is 0.297. The third-order valence-electron chi connectivity index (χ3n) is 5.28. The first-order chi connectivity index (χ1) is 13.8. The van der Waals surface area contributed by atoms with Gasteiger partial charge in [-0.3, -0.25) is 4.99 Å². The number of fused-ring (bicyclic) bond motifs is 1. The summed E-state index contributed by atoms with van der Waals surface area (Å²) < 4.78 is 11.4. The highest BCUT2D eigenvalue weighted by atomic mass is 127. The summed E-state index contributed by atoms with van der Waals surface area (Å²) in [6.45, 7) is 4.25. The summed E-state index contributed by atoms with van der Waals surface area (Å²) in [5.74, 6) is 2.55. The number of piperidine rings is 1. The molecule has 0 aromatic heterocycles. The Morgan fingerprint density at radius 1 is 1.03 bits per heavy atom. The zero-order chi connectivity index (χ0) is 19.2. The number of aliphatic imine (C=N–C) groups is 1. The molecule has 0 saturated carbocycles. The lowest BCUT2D eigenvalue weighted by Crippen LogP contribution is -2.35. The quantitative estimate of drug-likeness (QED) is 0.370. The summed E-state index contributed by atoms with van der Waals surface area (Å²) in [6, 6.07) is 16.4. The molecule has 1 fully saturated rings. The Bertz CT molecular complexity index is 808. The van der Waals surface area contributed by atoms with Crippen LogP contribution < -0.4 is 25.4 Å². The van der Waals surface area contributed by atoms with E-state index in [1.807, 2.05) is 18.2 Å². The molecule has 0 radical (unpaired) electrons. The van der Waals surface area contributed by atoms with Crippen molar-refractivity contribution >= 4 is 41.3 Å². The van der Waals surface area contributed by atoms with Gasteiger partial charge < -0.3 is 25.4 Å². The Kier molecular flexibility index (Phi) is 7.85. The minimum absolute atomic E-state index is 0. The van der Waals surface area contributed by atoms with Crippen LogP contribution >= 0.6 is 24.0 Å². The molecule has 4 rings (SSSR count). The van der Waals surface area contributed by atoms with Gasteiger partial charge in [-0.05, 0) is 43.0 Å². The van der Waals surface area contributed by atoms with E-state index >= 15 is 0 Å². The van der Waals surface area contributed by atoms with Gasteiger partial charge in [0.1, 0.15) is 0 Å². The topological polar surface area (TPSA) is 72.1 Å². The number of guanidine groups is 1. The molecule has 0 aliphatic carbocycles. The maximum absolute atomic E-state index is 6.10. The first kappa shape index (κ1) is 21.5. The van der Waals surface area contributed by atoms with Gasteiger partial charge in [0, 0.05) is 43.5 Å². The van der Waals surface area contributed by atoms with Gasteiger partial charge in [-0.1, -0.05) is 18.2 Å². The summed E-state index contributed by atoms with van der Waals surface area (Å²) >= 11 is 0. The molecule has 2 aliphatic heterocycles. The molecular weight excluding hydrogens is 479 g/mol. The standard InChI is InChI=1S/C22H28N4O2.HI/c23-22(25-18-7-8-20-21(15-18)28-14-4-13-27-20)24-16-17-9-11-26(12-10-17)19-5-2-1-3-6-19;/h1-3,5-8,15,17H,4,9-14,16H2,(H3,23,24,25);1H. The molecule has 6 nitrogen and oxygen atoms in total. The number of halogens is 1. The second-order valence-corrected chi connectivity index (χ2v) is 7.33. The minimum atomic E-state index is 0. The van der Waals surface area contributed by atoms with E-state index in [9.17, 15) is 0 Å². The number of hydrogen-bond acceptors (Lipinski definition) is 4. The highest BCUT2D eigenvalue weighted by Crippen LogP contribution is 2.32. The van der Waals surface area contributed by atoms with Crippen LogP contribution in [-0.2, 0) is 0 Å². The Morgan fingerprint density at radius 3 is 2.52 bits per heavy atom. The zero-order valence-electron chi connectivity index (χ0n) is 16.5. The minimum Gasteiger partial charge on any atom is -0.490 e. The van der Waals surface area contributed by atoms with Gasteiger partial charge in [0.05, 0.1) is 13.2 Å². The fraction of sp³-hybridized carbons (Fsp3) is 0.409. The summed E-state index contributed by atoms with van der Waals surface area (Å²) in [5.41, 5.74) is 8.28. The second kappa shape index (κ2) is 10.6. The normalized spacial score (nSPS) is 17.2. The van der Waals surface area contributed by atoms with Crippen LogP contribution in [0.15, 0.2) is 53.5 Å². The number of nitrogens with two attached hydrogens (primary N) is 1. The van der Waals surface area contributed by atoms with Crippen LogP contribution in [0.4, 0.5) is 11.4 Å². The van der Waals surface area contributed by atoms with E-state index in [2.05, 4.69) is 45.5 Å². The first-order valence-corrected chi connectivity index (χ1v) is 10.0. The first-order valence-electron chi connectivity index (χ1n) is 10.0. The molecule has 29 heavy (non-hydrogen) atoms. The third kappa shape index (κ3) is 5.91. The van der Waals surface area contributed by atoms with Crippen molar-refractivity contribution in [3.8, 4) is 11.5 Å². The van der Waals surface area contributed by atoms with Crippen molar-refractivity contribution in [2.24, 2.45) is 16.6 Å². The Hall–Kier alpha value is -2.16. The molecule has 2 aromatic carbocycles. The Balaban J connectivity index is 0.00000240. The molecule has 7 heteroatoms. The highest BCUT2D eigenvalue weighted by molar-refractivity contribution is 14.0. The fourth-order valence-corrected chi connectivity index (χ4v) is 3.67. The van der Waals surface area contributed by atoms with Crippen LogP contribution in [0.2, 0.25) is 0 Å². The number of anilines is 2. The van der Waals surface area contributed by atoms with E-state index in [1.54, 1.807) is 0 Å². The van der Waals surface area contributed by atoms with E-state index in [0.717, 1.165) is 56.1 Å². The number of benzene rings is 2. The predicted octanol–water partition coefficient (Wildman–Crippen LogP) is 4.11. The van der Waals surface area contributed by atoms with Crippen molar-refractivity contribution in [2.75, 3.05) is 43.1 Å². The van der Waals surface area contributed by atoms with Gasteiger partial charge in [0.15, 0.2) is 17.5 Å². The van der Waals surface area contributed by atoms with E-state index < -0.39 is 0 Å². The maximum atomic E-state index is 6.10. The van der Waals surface area contributed by atoms with Crippen LogP contribution in [0.25, 0.3) is 0 Å². The third-order valence-corrected chi connectivity index (χ3v) is 5.28. The van der Waals surface area contributed by atoms with Crippen LogP contribution in [0, 0.1) is 5.92 Å². The molecule has 3 N–H and O–H groups in total. The van der Waals surface area contributed by atoms with Crippen molar-refractivity contribution in [1.29, 1.82) is 0 Å². The van der Waals surface area contributed by atoms with Crippen molar-refractivity contribution in [1.82, 2.24) is 0 Å². The van der Waals surface area contributed by atoms with E-state index in [0.29, 0.717) is 25.1 Å². The van der Waals surface area contributed by atoms with Crippen molar-refractivity contribution in [3.05, 3.63) is 48.5 Å². The molecule has 2 aliphatic rings. The SMILES string of the molecule is I.NC(=NCC1CCN(c2ccccc2)CC1)Nc1ccc2c(c1)OCCCO2. The fourth-order valence-electron chi connectivity index (χ4n) is 3.67. The molecule has 2 heterocycles. The molecule has 2 aromatic rings. The molecule has 0 spiro atoms. The summed E-state index contributed by atoms with van der Waals surface area (Å²) in [6.07, 6.45) is 3.16. The Labute approximate surface area is 189 Å². The maximum Gasteiger partial charge on any atom is 0.193 e. The predicted molar refractivity (Wildman–Crippen MR) is 129 cm³/mol. The largest absolute Gasteiger partial charge is 0.490 e. The van der Waals surface area contributed by atoms with Crippen molar-refractivity contribution in [3.63, 3.8) is 0 Å². The molecular formula is C22H29IN4O2. The summed E-state index contributed by atoms with van der Waals surface area (Å²) in [7, 11) is 0. The van der Waals surface area contributed by atoms with E-state index in [4.69, 9.17) is 15.2 Å². The molecule has 0 bridgehead atoms. The average molecular weight is 508 g/mol. The zero-order valence-corrected chi connectivity index (χ0v) is 18.9. The highest BCUT2D eigenvalue weighted by Gasteiger charge is 2.19. The van der Waals surface area contributed by atoms with Gasteiger partial charge >= 0.3 is 0 Å². The number of nitrogens with zero attached hydrogens (tertiary/aromatic N) is 2. The van der Waals surface area contributed by atoms with E-state index in [1.165, 1.54) is 5.69 Å². The molecule has 0 unspecified atom stereocenters. The number of nitrogens with one attached hydrogen (secondary N) is 1. The van der Waals surface area contributed by atoms with Gasteiger partial charge in [0.2, 0.25) is 0 Å². The molecule has 0 atom stereocenters. The molecule has 156 valence electrons. The van der Waals surface area contributed by atoms with Crippen LogP contribution in [0.5, 0.6) is 11.5 Å². The second-order valence-electron chi connectivity index (χ2n) is 7.33. The molecule has 1 saturated heterocycles. The van der Waals surface area contributed by atoms with Gasteiger partial charge in [0.25, 0.3) is 0 Å². The number of para-hydroxylation sites is 1. The van der Waals surface area contributed by atoms with E-state index in [-0.39, 0.29) is 24.0 Å². The van der Waals surface area contributed by atoms with Crippen molar-refractivity contribution in [2.45, 2.75) is 19.3 Å². The number of hydrogen-bond donors (Lipinski definition) is 2. The van der Waals surface area contributed by atoms with Crippen LogP contribution in [-0.4, -0.2) is 38.8 Å². The number of rotatable bonds is 4. The summed E-state index contributed by atoms with van der Waals surface area (Å²) in [5, 5.41) is 3.17. The smallest absolute Gasteiger partial charge is 0.193 e. The van der Waals surface area contributed by atoms with Crippen LogP contribution in [0.3, 0.4) is 0 Å². The molecule has 0 amide bonds. The lowest BCUT2D eigenvalue weighted by atomic mass is 9.96. The summed E-state index contributed by atoms with van der Waals surface area (Å²) in [4.78, 5) is 7.01. The average Bonchev–Trinajstić information content (AvgIpc) is 2.98. The number of ether oxygens (including phenoxy) is 2. The Morgan fingerprint density at radius 2 is 1.76 bits per heavy atom. The lowest BCUT2D eigenvalue weighted by Gasteiger charge is -2.33. The van der Waals surface area contributed by atoms with Crippen LogP contribution in [0.1, 0.15) is 19.3 Å². The van der Waals surface area contributed by atoms with Crippen molar-refractivity contribution < 1.29 is 9.47 Å². The van der Waals surface area contributed by atoms with Gasteiger partial charge in [-0.25, -0.2) is 0 Å². The van der Waals surface area contributed by atoms with Gasteiger partial charge in [-0.15, -0.1) is 24.0 Å². The van der Waals surface area contributed by atoms with Gasteiger partial charge in [-0.2, -0.15) is 0 Å².